The van der Waals surface area contributed by atoms with Gasteiger partial charge < -0.3 is 5.32 Å². The first kappa shape index (κ1) is 13.5. The van der Waals surface area contributed by atoms with E-state index < -0.39 is 4.92 Å². The topological polar surface area (TPSA) is 72.2 Å². The Kier molecular flexibility index (Phi) is 4.24. The highest BCUT2D eigenvalue weighted by molar-refractivity contribution is 5.95. The summed E-state index contributed by atoms with van der Waals surface area (Å²) in [5.74, 6) is -0.388. The lowest BCUT2D eigenvalue weighted by Crippen LogP contribution is -2.16. The van der Waals surface area contributed by atoms with E-state index in [1.54, 1.807) is 6.08 Å². The van der Waals surface area contributed by atoms with Crippen LogP contribution in [0.2, 0.25) is 0 Å². The first-order valence-electron chi connectivity index (χ1n) is 5.94. The van der Waals surface area contributed by atoms with Gasteiger partial charge in [0.25, 0.3) is 11.6 Å². The summed E-state index contributed by atoms with van der Waals surface area (Å²) < 4.78 is 0. The average molecular weight is 268 g/mol. The van der Waals surface area contributed by atoms with Crippen LogP contribution in [0, 0.1) is 10.1 Å². The summed E-state index contributed by atoms with van der Waals surface area (Å²) in [4.78, 5) is 21.9. The third-order valence-corrected chi connectivity index (χ3v) is 2.61. The number of hydrogen-bond donors (Lipinski definition) is 1. The summed E-state index contributed by atoms with van der Waals surface area (Å²) in [6.07, 6.45) is 3.26. The standard InChI is InChI=1S/C15H12N2O3/c18-15(13-7-4-8-14(11-13)17(19)20)16-10-9-12-5-2-1-3-6-12/h1-11H,(H,16,18). The van der Waals surface area contributed by atoms with E-state index in [-0.39, 0.29) is 17.2 Å². The number of nitrogens with one attached hydrogen (secondary N) is 1. The van der Waals surface area contributed by atoms with Crippen LogP contribution < -0.4 is 5.32 Å². The van der Waals surface area contributed by atoms with Crippen molar-refractivity contribution in [3.8, 4) is 0 Å². The number of hydrogen-bond acceptors (Lipinski definition) is 3. The quantitative estimate of drug-likeness (QED) is 0.684. The molecule has 0 spiro atoms. The van der Waals surface area contributed by atoms with Gasteiger partial charge in [-0.15, -0.1) is 0 Å². The van der Waals surface area contributed by atoms with Crippen molar-refractivity contribution in [2.75, 3.05) is 0 Å². The van der Waals surface area contributed by atoms with Gasteiger partial charge in [-0.05, 0) is 17.7 Å². The summed E-state index contributed by atoms with van der Waals surface area (Å²) in [5.41, 5.74) is 1.09. The molecule has 0 aromatic heterocycles. The Morgan fingerprint density at radius 1 is 1.10 bits per heavy atom. The molecule has 0 bridgehead atoms. The van der Waals surface area contributed by atoms with Gasteiger partial charge in [-0.2, -0.15) is 0 Å². The van der Waals surface area contributed by atoms with E-state index >= 15 is 0 Å². The molecule has 0 radical (unpaired) electrons. The number of carbonyl (C=O) groups is 1. The maximum atomic E-state index is 11.8. The normalized spacial score (nSPS) is 10.4. The third-order valence-electron chi connectivity index (χ3n) is 2.61. The van der Waals surface area contributed by atoms with E-state index in [0.717, 1.165) is 5.56 Å². The first-order chi connectivity index (χ1) is 9.66. The van der Waals surface area contributed by atoms with Gasteiger partial charge in [0.2, 0.25) is 0 Å². The van der Waals surface area contributed by atoms with Crippen LogP contribution in [0.4, 0.5) is 5.69 Å². The third kappa shape index (κ3) is 3.52. The minimum atomic E-state index is -0.531. The number of non-ortho nitro benzene ring substituents is 1. The molecule has 5 nitrogen and oxygen atoms in total. The number of rotatable bonds is 4. The number of nitro groups is 1. The van der Waals surface area contributed by atoms with Gasteiger partial charge in [-0.25, -0.2) is 0 Å². The molecule has 0 aliphatic carbocycles. The van der Waals surface area contributed by atoms with Crippen LogP contribution in [0.5, 0.6) is 0 Å². The van der Waals surface area contributed by atoms with Crippen LogP contribution in [0.25, 0.3) is 6.08 Å². The van der Waals surface area contributed by atoms with Crippen LogP contribution in [0.3, 0.4) is 0 Å². The molecule has 0 unspecified atom stereocenters. The van der Waals surface area contributed by atoms with Crippen LogP contribution in [0.15, 0.2) is 60.8 Å². The number of nitro benzene ring substituents is 1. The number of amides is 1. The largest absolute Gasteiger partial charge is 0.329 e. The molecule has 2 rings (SSSR count). The van der Waals surface area contributed by atoms with Crippen LogP contribution in [-0.2, 0) is 0 Å². The molecule has 5 heteroatoms. The number of nitrogens with zero attached hydrogens (tertiary/aromatic N) is 1. The second-order valence-electron chi connectivity index (χ2n) is 4.02. The molecule has 0 aliphatic heterocycles. The molecule has 0 saturated heterocycles. The summed E-state index contributed by atoms with van der Waals surface area (Å²) in [6.45, 7) is 0. The van der Waals surface area contributed by atoms with E-state index in [9.17, 15) is 14.9 Å². The Balaban J connectivity index is 2.04. The molecule has 1 amide bonds. The highest BCUT2D eigenvalue weighted by atomic mass is 16.6. The molecule has 2 aromatic carbocycles. The van der Waals surface area contributed by atoms with Crippen molar-refractivity contribution in [3.05, 3.63) is 82.0 Å². The van der Waals surface area contributed by atoms with Crippen molar-refractivity contribution in [1.29, 1.82) is 0 Å². The highest BCUT2D eigenvalue weighted by Gasteiger charge is 2.09. The SMILES string of the molecule is O=C(NC=Cc1ccccc1)c1cccc([N+](=O)[O-])c1. The molecule has 20 heavy (non-hydrogen) atoms. The molecule has 0 aliphatic rings. The molecule has 0 fully saturated rings. The molecule has 1 N–H and O–H groups in total. The van der Waals surface area contributed by atoms with E-state index in [1.165, 1.54) is 30.5 Å². The Labute approximate surface area is 115 Å². The fourth-order valence-electron chi connectivity index (χ4n) is 1.62. The molecular weight excluding hydrogens is 256 g/mol. The Bertz CT molecular complexity index is 651. The lowest BCUT2D eigenvalue weighted by Gasteiger charge is -2.00. The van der Waals surface area contributed by atoms with Crippen LogP contribution in [-0.4, -0.2) is 10.8 Å². The maximum absolute atomic E-state index is 11.8. The van der Waals surface area contributed by atoms with Crippen molar-refractivity contribution in [3.63, 3.8) is 0 Å². The summed E-state index contributed by atoms with van der Waals surface area (Å²) in [5, 5.41) is 13.2. The Morgan fingerprint density at radius 3 is 2.55 bits per heavy atom. The predicted molar refractivity (Wildman–Crippen MR) is 76.0 cm³/mol. The first-order valence-corrected chi connectivity index (χ1v) is 5.94. The smallest absolute Gasteiger partial charge is 0.270 e. The minimum Gasteiger partial charge on any atom is -0.329 e. The predicted octanol–water partition coefficient (Wildman–Crippen LogP) is 3.00. The Morgan fingerprint density at radius 2 is 1.85 bits per heavy atom. The van der Waals surface area contributed by atoms with E-state index in [2.05, 4.69) is 5.32 Å². The molecular formula is C15H12N2O3. The maximum Gasteiger partial charge on any atom is 0.270 e. The zero-order valence-electron chi connectivity index (χ0n) is 10.5. The lowest BCUT2D eigenvalue weighted by molar-refractivity contribution is -0.384. The lowest BCUT2D eigenvalue weighted by atomic mass is 10.2. The molecule has 0 atom stereocenters. The Hall–Kier alpha value is -2.95. The molecule has 2 aromatic rings. The average Bonchev–Trinajstić information content (AvgIpc) is 2.48. The summed E-state index contributed by atoms with van der Waals surface area (Å²) in [7, 11) is 0. The molecule has 0 heterocycles. The van der Waals surface area contributed by atoms with Gasteiger partial charge >= 0.3 is 0 Å². The van der Waals surface area contributed by atoms with Gasteiger partial charge in [0.1, 0.15) is 0 Å². The van der Waals surface area contributed by atoms with E-state index in [1.807, 2.05) is 30.3 Å². The van der Waals surface area contributed by atoms with E-state index in [0.29, 0.717) is 0 Å². The minimum absolute atomic E-state index is 0.107. The van der Waals surface area contributed by atoms with Gasteiger partial charge in [0, 0.05) is 23.9 Å². The fraction of sp³-hybridized carbons (Fsp3) is 0. The van der Waals surface area contributed by atoms with Crippen LogP contribution in [0.1, 0.15) is 15.9 Å². The molecule has 0 saturated carbocycles. The van der Waals surface area contributed by atoms with Crippen molar-refractivity contribution >= 4 is 17.7 Å². The summed E-state index contributed by atoms with van der Waals surface area (Å²) in [6, 6.07) is 15.1. The zero-order chi connectivity index (χ0) is 14.4. The van der Waals surface area contributed by atoms with Crippen molar-refractivity contribution in [2.45, 2.75) is 0 Å². The van der Waals surface area contributed by atoms with Crippen molar-refractivity contribution < 1.29 is 9.72 Å². The number of benzene rings is 2. The van der Waals surface area contributed by atoms with E-state index in [4.69, 9.17) is 0 Å². The van der Waals surface area contributed by atoms with Crippen molar-refractivity contribution in [1.82, 2.24) is 5.32 Å². The second kappa shape index (κ2) is 6.29. The van der Waals surface area contributed by atoms with Gasteiger partial charge in [0.15, 0.2) is 0 Å². The second-order valence-corrected chi connectivity index (χ2v) is 4.02. The monoisotopic (exact) mass is 268 g/mol. The van der Waals surface area contributed by atoms with Crippen molar-refractivity contribution in [2.24, 2.45) is 0 Å². The van der Waals surface area contributed by atoms with Gasteiger partial charge in [-0.1, -0.05) is 36.4 Å². The fourth-order valence-corrected chi connectivity index (χ4v) is 1.62. The van der Waals surface area contributed by atoms with Crippen LogP contribution >= 0.6 is 0 Å². The zero-order valence-corrected chi connectivity index (χ0v) is 10.5. The molecule has 100 valence electrons. The van der Waals surface area contributed by atoms with Gasteiger partial charge in [0.05, 0.1) is 4.92 Å². The number of carbonyl (C=O) groups excluding carboxylic acids is 1. The van der Waals surface area contributed by atoms with Gasteiger partial charge in [-0.3, -0.25) is 14.9 Å². The summed E-state index contributed by atoms with van der Waals surface area (Å²) >= 11 is 0. The highest BCUT2D eigenvalue weighted by Crippen LogP contribution is 2.12.